The van der Waals surface area contributed by atoms with Crippen molar-refractivity contribution in [3.05, 3.63) is 27.8 Å². The Balaban J connectivity index is 2.16. The van der Waals surface area contributed by atoms with Crippen LogP contribution in [0, 0.1) is 0 Å². The van der Waals surface area contributed by atoms with E-state index in [1.807, 2.05) is 6.20 Å². The second kappa shape index (κ2) is 6.11. The third kappa shape index (κ3) is 2.94. The fourth-order valence-electron chi connectivity index (χ4n) is 2.04. The zero-order valence-electron chi connectivity index (χ0n) is 11.9. The Kier molecular flexibility index (Phi) is 4.21. The van der Waals surface area contributed by atoms with E-state index in [1.54, 1.807) is 22.2 Å². The Hall–Kier alpha value is -1.47. The molecule has 0 aromatic carbocycles. The number of fused-ring (bicyclic) bond motifs is 1. The van der Waals surface area contributed by atoms with Gasteiger partial charge in [-0.2, -0.15) is 10.1 Å². The average Bonchev–Trinajstić information content (AvgIpc) is 3.09. The first-order chi connectivity index (χ1) is 10.2. The Bertz CT molecular complexity index is 764. The molecule has 0 fully saturated rings. The molecule has 0 aliphatic rings. The molecular formula is C14H16BrN5S. The predicted octanol–water partition coefficient (Wildman–Crippen LogP) is 4.02. The maximum Gasteiger partial charge on any atom is 0.226 e. The number of anilines is 1. The topological polar surface area (TPSA) is 55.6 Å². The van der Waals surface area contributed by atoms with Crippen LogP contribution in [0.5, 0.6) is 0 Å². The zero-order valence-corrected chi connectivity index (χ0v) is 14.3. The highest BCUT2D eigenvalue weighted by Crippen LogP contribution is 2.29. The van der Waals surface area contributed by atoms with Gasteiger partial charge in [0.2, 0.25) is 5.95 Å². The second-order valence-corrected chi connectivity index (χ2v) is 6.72. The summed E-state index contributed by atoms with van der Waals surface area (Å²) < 4.78 is 2.72. The normalized spacial score (nSPS) is 11.2. The van der Waals surface area contributed by atoms with Crippen molar-refractivity contribution in [1.29, 1.82) is 0 Å². The van der Waals surface area contributed by atoms with Crippen molar-refractivity contribution in [2.24, 2.45) is 0 Å². The predicted molar refractivity (Wildman–Crippen MR) is 90.4 cm³/mol. The van der Waals surface area contributed by atoms with Crippen molar-refractivity contribution in [2.45, 2.75) is 26.7 Å². The number of halogens is 1. The average molecular weight is 366 g/mol. The summed E-state index contributed by atoms with van der Waals surface area (Å²) in [5.41, 5.74) is 0. The van der Waals surface area contributed by atoms with Crippen LogP contribution in [0.15, 0.2) is 22.9 Å². The molecule has 0 spiro atoms. The quantitative estimate of drug-likeness (QED) is 0.741. The summed E-state index contributed by atoms with van der Waals surface area (Å²) in [5, 5.41) is 8.66. The number of thiophene rings is 1. The monoisotopic (exact) mass is 365 g/mol. The Morgan fingerprint density at radius 1 is 1.33 bits per heavy atom. The van der Waals surface area contributed by atoms with Crippen LogP contribution in [-0.2, 0) is 6.42 Å². The summed E-state index contributed by atoms with van der Waals surface area (Å²) in [6.07, 6.45) is 5.71. The van der Waals surface area contributed by atoms with Gasteiger partial charge in [-0.25, -0.2) is 9.67 Å². The van der Waals surface area contributed by atoms with E-state index in [-0.39, 0.29) is 0 Å². The first-order valence-electron chi connectivity index (χ1n) is 6.96. The Labute approximate surface area is 135 Å². The van der Waals surface area contributed by atoms with Gasteiger partial charge in [0, 0.05) is 17.6 Å². The minimum absolute atomic E-state index is 0.662. The van der Waals surface area contributed by atoms with Gasteiger partial charge in [-0.1, -0.05) is 13.8 Å². The van der Waals surface area contributed by atoms with E-state index in [0.29, 0.717) is 5.95 Å². The van der Waals surface area contributed by atoms with Crippen LogP contribution in [0.1, 0.15) is 25.1 Å². The van der Waals surface area contributed by atoms with Gasteiger partial charge in [0.05, 0.1) is 16.1 Å². The van der Waals surface area contributed by atoms with Crippen molar-refractivity contribution >= 4 is 43.4 Å². The summed E-state index contributed by atoms with van der Waals surface area (Å²) >= 11 is 5.15. The van der Waals surface area contributed by atoms with Gasteiger partial charge in [0.25, 0.3) is 0 Å². The third-order valence-corrected chi connectivity index (χ3v) is 4.66. The molecule has 0 amide bonds. The number of nitrogens with one attached hydrogen (secondary N) is 1. The van der Waals surface area contributed by atoms with Gasteiger partial charge in [-0.3, -0.25) is 0 Å². The molecule has 110 valence electrons. The molecule has 0 saturated carbocycles. The maximum absolute atomic E-state index is 4.63. The van der Waals surface area contributed by atoms with Crippen LogP contribution in [-0.4, -0.2) is 26.3 Å². The van der Waals surface area contributed by atoms with E-state index in [1.165, 1.54) is 4.88 Å². The Morgan fingerprint density at radius 2 is 2.19 bits per heavy atom. The highest BCUT2D eigenvalue weighted by molar-refractivity contribution is 9.10. The van der Waals surface area contributed by atoms with Gasteiger partial charge in [0.15, 0.2) is 5.82 Å². The van der Waals surface area contributed by atoms with E-state index in [9.17, 15) is 0 Å². The number of hydrogen-bond acceptors (Lipinski definition) is 5. The lowest BCUT2D eigenvalue weighted by Crippen LogP contribution is -2.07. The largest absolute Gasteiger partial charge is 0.354 e. The molecule has 0 atom stereocenters. The molecule has 7 heteroatoms. The van der Waals surface area contributed by atoms with Gasteiger partial charge in [-0.05, 0) is 34.8 Å². The van der Waals surface area contributed by atoms with Crippen LogP contribution in [0.25, 0.3) is 16.0 Å². The van der Waals surface area contributed by atoms with Crippen molar-refractivity contribution in [2.75, 3.05) is 11.9 Å². The fraction of sp³-hybridized carbons (Fsp3) is 0.357. The van der Waals surface area contributed by atoms with E-state index in [4.69, 9.17) is 0 Å². The molecular weight excluding hydrogens is 350 g/mol. The summed E-state index contributed by atoms with van der Waals surface area (Å²) in [4.78, 5) is 11.6. The number of nitrogens with zero attached hydrogens (tertiary/aromatic N) is 4. The minimum Gasteiger partial charge on any atom is -0.354 e. The molecule has 3 rings (SSSR count). The Morgan fingerprint density at radius 3 is 2.86 bits per heavy atom. The molecule has 0 aliphatic carbocycles. The van der Waals surface area contributed by atoms with Crippen molar-refractivity contribution in [3.8, 4) is 5.82 Å². The molecule has 0 bridgehead atoms. The van der Waals surface area contributed by atoms with Crippen LogP contribution in [0.4, 0.5) is 5.95 Å². The standard InChI is InChI=1S/C14H16BrN5S/c1-3-5-16-14-18-12(20-8-9(15)7-17-20)11-6-10(4-2)21-13(11)19-14/h6-8H,3-5H2,1-2H3,(H,16,18,19). The molecule has 3 aromatic heterocycles. The fourth-order valence-corrected chi connectivity index (χ4v) is 3.28. The van der Waals surface area contributed by atoms with Gasteiger partial charge in [0.1, 0.15) is 4.83 Å². The lowest BCUT2D eigenvalue weighted by atomic mass is 10.3. The number of rotatable bonds is 5. The summed E-state index contributed by atoms with van der Waals surface area (Å²) in [5.74, 6) is 1.48. The number of hydrogen-bond donors (Lipinski definition) is 1. The van der Waals surface area contributed by atoms with E-state index in [0.717, 1.165) is 39.9 Å². The number of aromatic nitrogens is 4. The summed E-state index contributed by atoms with van der Waals surface area (Å²) in [6.45, 7) is 5.13. The highest BCUT2D eigenvalue weighted by atomic mass is 79.9. The molecule has 0 radical (unpaired) electrons. The van der Waals surface area contributed by atoms with Crippen molar-refractivity contribution < 1.29 is 0 Å². The SMILES string of the molecule is CCCNc1nc(-n2cc(Br)cn2)c2cc(CC)sc2n1. The van der Waals surface area contributed by atoms with Gasteiger partial charge < -0.3 is 5.32 Å². The highest BCUT2D eigenvalue weighted by Gasteiger charge is 2.13. The second-order valence-electron chi connectivity index (χ2n) is 4.69. The molecule has 1 N–H and O–H groups in total. The molecule has 3 aromatic rings. The van der Waals surface area contributed by atoms with Crippen LogP contribution in [0.3, 0.4) is 0 Å². The van der Waals surface area contributed by atoms with Crippen molar-refractivity contribution in [3.63, 3.8) is 0 Å². The smallest absolute Gasteiger partial charge is 0.226 e. The van der Waals surface area contributed by atoms with Crippen LogP contribution >= 0.6 is 27.3 Å². The molecule has 3 heterocycles. The first-order valence-corrected chi connectivity index (χ1v) is 8.57. The molecule has 0 aliphatic heterocycles. The molecule has 21 heavy (non-hydrogen) atoms. The minimum atomic E-state index is 0.662. The molecule has 0 unspecified atom stereocenters. The van der Waals surface area contributed by atoms with E-state index >= 15 is 0 Å². The maximum atomic E-state index is 4.63. The lowest BCUT2D eigenvalue weighted by Gasteiger charge is -2.07. The summed E-state index contributed by atoms with van der Waals surface area (Å²) in [6, 6.07) is 2.16. The summed E-state index contributed by atoms with van der Waals surface area (Å²) in [7, 11) is 0. The first kappa shape index (κ1) is 14.5. The van der Waals surface area contributed by atoms with Gasteiger partial charge >= 0.3 is 0 Å². The van der Waals surface area contributed by atoms with Crippen LogP contribution in [0.2, 0.25) is 0 Å². The van der Waals surface area contributed by atoms with E-state index in [2.05, 4.69) is 56.2 Å². The van der Waals surface area contributed by atoms with E-state index < -0.39 is 0 Å². The van der Waals surface area contributed by atoms with Crippen LogP contribution < -0.4 is 5.32 Å². The lowest BCUT2D eigenvalue weighted by molar-refractivity contribution is 0.848. The molecule has 5 nitrogen and oxygen atoms in total. The van der Waals surface area contributed by atoms with Gasteiger partial charge in [-0.15, -0.1) is 11.3 Å². The molecule has 0 saturated heterocycles. The van der Waals surface area contributed by atoms with Crippen molar-refractivity contribution in [1.82, 2.24) is 19.7 Å². The third-order valence-electron chi connectivity index (χ3n) is 3.07. The zero-order chi connectivity index (χ0) is 14.8. The number of aryl methyl sites for hydroxylation is 1.